The lowest BCUT2D eigenvalue weighted by atomic mass is 10.3. The van der Waals surface area contributed by atoms with Crippen molar-refractivity contribution < 1.29 is 13.2 Å². The van der Waals surface area contributed by atoms with Crippen LogP contribution in [0.3, 0.4) is 0 Å². The first-order valence-electron chi connectivity index (χ1n) is 4.17. The third-order valence-electron chi connectivity index (χ3n) is 1.88. The van der Waals surface area contributed by atoms with Crippen LogP contribution in [0, 0.1) is 0 Å². The van der Waals surface area contributed by atoms with Crippen LogP contribution in [0.5, 0.6) is 5.75 Å². The molecule has 0 aliphatic carbocycles. The van der Waals surface area contributed by atoms with Gasteiger partial charge < -0.3 is 10.5 Å². The highest BCUT2D eigenvalue weighted by molar-refractivity contribution is 7.91. The zero-order valence-electron chi connectivity index (χ0n) is 8.15. The van der Waals surface area contributed by atoms with Gasteiger partial charge in [-0.1, -0.05) is 6.92 Å². The Hall–Kier alpha value is -1.23. The van der Waals surface area contributed by atoms with Crippen molar-refractivity contribution in [3.8, 4) is 5.75 Å². The lowest BCUT2D eigenvalue weighted by Gasteiger charge is -2.06. The van der Waals surface area contributed by atoms with Crippen molar-refractivity contribution in [1.29, 1.82) is 0 Å². The van der Waals surface area contributed by atoms with Gasteiger partial charge in [-0.15, -0.1) is 0 Å². The van der Waals surface area contributed by atoms with E-state index in [1.54, 1.807) is 13.0 Å². The number of sulfone groups is 1. The summed E-state index contributed by atoms with van der Waals surface area (Å²) < 4.78 is 28.0. The van der Waals surface area contributed by atoms with E-state index in [1.807, 2.05) is 0 Å². The first-order valence-corrected chi connectivity index (χ1v) is 5.82. The molecular formula is C9H13NO3S. The fraction of sp³-hybridized carbons (Fsp3) is 0.333. The quantitative estimate of drug-likeness (QED) is 0.766. The summed E-state index contributed by atoms with van der Waals surface area (Å²) in [6.45, 7) is 1.59. The molecule has 0 fully saturated rings. The standard InChI is InChI=1S/C9H13NO3S/c1-3-14(11,12)9-5-7(10)4-8(6-9)13-2/h4-6H,3,10H2,1-2H3. The molecule has 5 heteroatoms. The number of nitrogen functional groups attached to an aromatic ring is 1. The van der Waals surface area contributed by atoms with E-state index in [1.165, 1.54) is 19.2 Å². The number of anilines is 1. The van der Waals surface area contributed by atoms with Crippen molar-refractivity contribution in [1.82, 2.24) is 0 Å². The van der Waals surface area contributed by atoms with Crippen molar-refractivity contribution in [2.75, 3.05) is 18.6 Å². The van der Waals surface area contributed by atoms with Crippen molar-refractivity contribution in [3.05, 3.63) is 18.2 Å². The van der Waals surface area contributed by atoms with Gasteiger partial charge in [0, 0.05) is 11.8 Å². The van der Waals surface area contributed by atoms with Crippen molar-refractivity contribution in [3.63, 3.8) is 0 Å². The normalized spacial score (nSPS) is 11.3. The fourth-order valence-electron chi connectivity index (χ4n) is 1.06. The summed E-state index contributed by atoms with van der Waals surface area (Å²) in [5, 5.41) is 0. The first-order chi connectivity index (χ1) is 6.49. The summed E-state index contributed by atoms with van der Waals surface area (Å²) >= 11 is 0. The highest BCUT2D eigenvalue weighted by atomic mass is 32.2. The average Bonchev–Trinajstić information content (AvgIpc) is 2.16. The third kappa shape index (κ3) is 2.17. The van der Waals surface area contributed by atoms with E-state index in [0.29, 0.717) is 11.4 Å². The van der Waals surface area contributed by atoms with Gasteiger partial charge in [0.25, 0.3) is 0 Å². The summed E-state index contributed by atoms with van der Waals surface area (Å²) in [4.78, 5) is 0.205. The monoisotopic (exact) mass is 215 g/mol. The minimum Gasteiger partial charge on any atom is -0.497 e. The Morgan fingerprint density at radius 3 is 2.50 bits per heavy atom. The number of hydrogen-bond acceptors (Lipinski definition) is 4. The number of methoxy groups -OCH3 is 1. The molecule has 2 N–H and O–H groups in total. The van der Waals surface area contributed by atoms with Crippen LogP contribution in [0.1, 0.15) is 6.92 Å². The molecule has 0 bridgehead atoms. The average molecular weight is 215 g/mol. The number of ether oxygens (including phenoxy) is 1. The van der Waals surface area contributed by atoms with E-state index < -0.39 is 9.84 Å². The molecular weight excluding hydrogens is 202 g/mol. The summed E-state index contributed by atoms with van der Waals surface area (Å²) in [6, 6.07) is 4.48. The molecule has 0 atom stereocenters. The van der Waals surface area contributed by atoms with Crippen LogP contribution in [0.25, 0.3) is 0 Å². The van der Waals surface area contributed by atoms with Crippen molar-refractivity contribution in [2.24, 2.45) is 0 Å². The number of rotatable bonds is 3. The summed E-state index contributed by atoms with van der Waals surface area (Å²) in [5.74, 6) is 0.511. The SMILES string of the molecule is CCS(=O)(=O)c1cc(N)cc(OC)c1. The molecule has 0 heterocycles. The van der Waals surface area contributed by atoms with E-state index in [2.05, 4.69) is 0 Å². The van der Waals surface area contributed by atoms with E-state index in [-0.39, 0.29) is 10.6 Å². The van der Waals surface area contributed by atoms with Crippen LogP contribution < -0.4 is 10.5 Å². The van der Waals surface area contributed by atoms with Gasteiger partial charge in [-0.25, -0.2) is 8.42 Å². The van der Waals surface area contributed by atoms with Gasteiger partial charge in [0.1, 0.15) is 5.75 Å². The van der Waals surface area contributed by atoms with Gasteiger partial charge in [0.05, 0.1) is 17.8 Å². The Morgan fingerprint density at radius 2 is 2.00 bits per heavy atom. The van der Waals surface area contributed by atoms with E-state index in [0.717, 1.165) is 0 Å². The minimum atomic E-state index is -3.21. The molecule has 0 aromatic heterocycles. The zero-order chi connectivity index (χ0) is 10.8. The van der Waals surface area contributed by atoms with Crippen LogP contribution in [-0.4, -0.2) is 21.3 Å². The van der Waals surface area contributed by atoms with Gasteiger partial charge >= 0.3 is 0 Å². The maximum atomic E-state index is 11.5. The molecule has 0 aliphatic heterocycles. The van der Waals surface area contributed by atoms with E-state index >= 15 is 0 Å². The molecule has 14 heavy (non-hydrogen) atoms. The zero-order valence-corrected chi connectivity index (χ0v) is 8.97. The van der Waals surface area contributed by atoms with Crippen molar-refractivity contribution >= 4 is 15.5 Å². The molecule has 0 aliphatic rings. The Labute approximate surface area is 83.6 Å². The molecule has 0 saturated carbocycles. The van der Waals surface area contributed by atoms with Crippen LogP contribution in [0.4, 0.5) is 5.69 Å². The smallest absolute Gasteiger partial charge is 0.178 e. The van der Waals surface area contributed by atoms with Crippen LogP contribution >= 0.6 is 0 Å². The van der Waals surface area contributed by atoms with Gasteiger partial charge in [-0.3, -0.25) is 0 Å². The molecule has 1 aromatic carbocycles. The third-order valence-corrected chi connectivity index (χ3v) is 3.59. The van der Waals surface area contributed by atoms with Gasteiger partial charge in [-0.05, 0) is 12.1 Å². The predicted octanol–water partition coefficient (Wildman–Crippen LogP) is 1.07. The second kappa shape index (κ2) is 3.88. The fourth-order valence-corrected chi connectivity index (χ4v) is 2.00. The highest BCUT2D eigenvalue weighted by Gasteiger charge is 2.13. The van der Waals surface area contributed by atoms with Crippen LogP contribution in [0.2, 0.25) is 0 Å². The molecule has 0 spiro atoms. The Balaban J connectivity index is 3.29. The molecule has 0 radical (unpaired) electrons. The number of hydrogen-bond donors (Lipinski definition) is 1. The van der Waals surface area contributed by atoms with E-state index in [4.69, 9.17) is 10.5 Å². The molecule has 0 unspecified atom stereocenters. The lowest BCUT2D eigenvalue weighted by Crippen LogP contribution is -2.04. The van der Waals surface area contributed by atoms with E-state index in [9.17, 15) is 8.42 Å². The Morgan fingerprint density at radius 1 is 1.36 bits per heavy atom. The molecule has 0 saturated heterocycles. The number of nitrogens with two attached hydrogens (primary N) is 1. The molecule has 4 nitrogen and oxygen atoms in total. The largest absolute Gasteiger partial charge is 0.497 e. The van der Waals surface area contributed by atoms with Gasteiger partial charge in [0.15, 0.2) is 9.84 Å². The highest BCUT2D eigenvalue weighted by Crippen LogP contribution is 2.22. The predicted molar refractivity (Wildman–Crippen MR) is 55.1 cm³/mol. The van der Waals surface area contributed by atoms with Gasteiger partial charge in [-0.2, -0.15) is 0 Å². The summed E-state index contributed by atoms with van der Waals surface area (Å²) in [5.41, 5.74) is 5.93. The molecule has 1 aromatic rings. The molecule has 1 rings (SSSR count). The summed E-state index contributed by atoms with van der Waals surface area (Å²) in [6.07, 6.45) is 0. The van der Waals surface area contributed by atoms with Crippen LogP contribution in [-0.2, 0) is 9.84 Å². The Kier molecular flexibility index (Phi) is 3.00. The topological polar surface area (TPSA) is 69.4 Å². The number of benzene rings is 1. The summed E-state index contributed by atoms with van der Waals surface area (Å²) in [7, 11) is -1.74. The maximum Gasteiger partial charge on any atom is 0.178 e. The first kappa shape index (κ1) is 10.8. The van der Waals surface area contributed by atoms with Crippen LogP contribution in [0.15, 0.2) is 23.1 Å². The second-order valence-corrected chi connectivity index (χ2v) is 5.12. The second-order valence-electron chi connectivity index (χ2n) is 2.85. The molecule has 78 valence electrons. The molecule has 0 amide bonds. The minimum absolute atomic E-state index is 0.0552. The maximum absolute atomic E-state index is 11.5. The van der Waals surface area contributed by atoms with Gasteiger partial charge in [0.2, 0.25) is 0 Å². The van der Waals surface area contributed by atoms with Crippen molar-refractivity contribution in [2.45, 2.75) is 11.8 Å². The Bertz CT molecular complexity index is 426. The lowest BCUT2D eigenvalue weighted by molar-refractivity contribution is 0.413.